The molecule has 1 fully saturated rings. The third-order valence-corrected chi connectivity index (χ3v) is 4.07. The van der Waals surface area contributed by atoms with Crippen molar-refractivity contribution >= 4 is 0 Å². The molecule has 20 heavy (non-hydrogen) atoms. The molecule has 2 rings (SSSR count). The van der Waals surface area contributed by atoms with Crippen molar-refractivity contribution in [3.8, 4) is 11.5 Å². The number of hydrogen-bond acceptors (Lipinski definition) is 4. The molecule has 1 aliphatic heterocycles. The number of nitrogens with zero attached hydrogens (tertiary/aromatic N) is 1. The summed E-state index contributed by atoms with van der Waals surface area (Å²) in [4.78, 5) is 2.32. The van der Waals surface area contributed by atoms with Crippen molar-refractivity contribution in [1.29, 1.82) is 0 Å². The SMILES string of the molecule is CCOc1ccc(O)c(CN2CCC(C(C)O)CC2)c1. The summed E-state index contributed by atoms with van der Waals surface area (Å²) < 4.78 is 5.48. The van der Waals surface area contributed by atoms with Gasteiger partial charge in [0.1, 0.15) is 11.5 Å². The van der Waals surface area contributed by atoms with E-state index in [0.29, 0.717) is 18.3 Å². The molecule has 1 aromatic rings. The van der Waals surface area contributed by atoms with Crippen molar-refractivity contribution in [1.82, 2.24) is 4.90 Å². The number of ether oxygens (including phenoxy) is 1. The third-order valence-electron chi connectivity index (χ3n) is 4.07. The van der Waals surface area contributed by atoms with Crippen molar-refractivity contribution in [3.63, 3.8) is 0 Å². The second kappa shape index (κ2) is 6.95. The predicted octanol–water partition coefficient (Wildman–Crippen LogP) is 2.38. The van der Waals surface area contributed by atoms with E-state index in [-0.39, 0.29) is 6.10 Å². The van der Waals surface area contributed by atoms with Crippen molar-refractivity contribution in [2.45, 2.75) is 39.3 Å². The Kier molecular flexibility index (Phi) is 5.26. The van der Waals surface area contributed by atoms with E-state index >= 15 is 0 Å². The van der Waals surface area contributed by atoms with Gasteiger partial charge in [-0.15, -0.1) is 0 Å². The van der Waals surface area contributed by atoms with Crippen LogP contribution in [0.1, 0.15) is 32.3 Å². The first-order valence-electron chi connectivity index (χ1n) is 7.45. The second-order valence-electron chi connectivity index (χ2n) is 5.58. The summed E-state index contributed by atoms with van der Waals surface area (Å²) in [5.41, 5.74) is 0.909. The topological polar surface area (TPSA) is 52.9 Å². The van der Waals surface area contributed by atoms with Crippen LogP contribution in [0.25, 0.3) is 0 Å². The van der Waals surface area contributed by atoms with Gasteiger partial charge in [-0.2, -0.15) is 0 Å². The van der Waals surface area contributed by atoms with Crippen molar-refractivity contribution < 1.29 is 14.9 Å². The van der Waals surface area contributed by atoms with Gasteiger partial charge >= 0.3 is 0 Å². The lowest BCUT2D eigenvalue weighted by atomic mass is 9.92. The maximum atomic E-state index is 9.95. The van der Waals surface area contributed by atoms with Gasteiger partial charge in [-0.25, -0.2) is 0 Å². The van der Waals surface area contributed by atoms with Gasteiger partial charge in [-0.3, -0.25) is 4.90 Å². The Morgan fingerprint density at radius 3 is 2.65 bits per heavy atom. The molecule has 0 radical (unpaired) electrons. The summed E-state index contributed by atoms with van der Waals surface area (Å²) in [6.07, 6.45) is 1.82. The molecular formula is C16H25NO3. The third kappa shape index (κ3) is 3.87. The van der Waals surface area contributed by atoms with Crippen LogP contribution in [-0.2, 0) is 6.54 Å². The number of hydrogen-bond donors (Lipinski definition) is 2. The monoisotopic (exact) mass is 279 g/mol. The highest BCUT2D eigenvalue weighted by atomic mass is 16.5. The van der Waals surface area contributed by atoms with Crippen LogP contribution in [0.2, 0.25) is 0 Å². The summed E-state index contributed by atoms with van der Waals surface area (Å²) in [5.74, 6) is 1.54. The Bertz CT molecular complexity index is 426. The number of aliphatic hydroxyl groups excluding tert-OH is 1. The Hall–Kier alpha value is -1.26. The van der Waals surface area contributed by atoms with Gasteiger partial charge in [0, 0.05) is 12.1 Å². The number of aliphatic hydroxyl groups is 1. The summed E-state index contributed by atoms with van der Waals surface area (Å²) in [5, 5.41) is 19.6. The van der Waals surface area contributed by atoms with E-state index in [0.717, 1.165) is 43.8 Å². The molecular weight excluding hydrogens is 254 g/mol. The largest absolute Gasteiger partial charge is 0.508 e. The normalized spacial score (nSPS) is 18.9. The molecule has 0 saturated carbocycles. The Morgan fingerprint density at radius 2 is 2.05 bits per heavy atom. The molecule has 1 unspecified atom stereocenters. The lowest BCUT2D eigenvalue weighted by Gasteiger charge is -2.33. The predicted molar refractivity (Wildman–Crippen MR) is 79.0 cm³/mol. The van der Waals surface area contributed by atoms with Crippen LogP contribution in [0.5, 0.6) is 11.5 Å². The fourth-order valence-corrected chi connectivity index (χ4v) is 2.78. The molecule has 112 valence electrons. The van der Waals surface area contributed by atoms with Crippen molar-refractivity contribution in [3.05, 3.63) is 23.8 Å². The summed E-state index contributed by atoms with van der Waals surface area (Å²) in [6, 6.07) is 5.41. The van der Waals surface area contributed by atoms with Gasteiger partial charge in [0.2, 0.25) is 0 Å². The van der Waals surface area contributed by atoms with Crippen molar-refractivity contribution in [2.75, 3.05) is 19.7 Å². The molecule has 0 aromatic heterocycles. The van der Waals surface area contributed by atoms with E-state index in [2.05, 4.69) is 4.90 Å². The first-order chi connectivity index (χ1) is 9.60. The first-order valence-corrected chi connectivity index (χ1v) is 7.45. The minimum Gasteiger partial charge on any atom is -0.508 e. The highest BCUT2D eigenvalue weighted by molar-refractivity contribution is 5.39. The Morgan fingerprint density at radius 1 is 1.35 bits per heavy atom. The summed E-state index contributed by atoms with van der Waals surface area (Å²) >= 11 is 0. The van der Waals surface area contributed by atoms with Crippen LogP contribution < -0.4 is 4.74 Å². The number of aromatic hydroxyl groups is 1. The molecule has 4 heteroatoms. The number of rotatable bonds is 5. The highest BCUT2D eigenvalue weighted by Gasteiger charge is 2.23. The average molecular weight is 279 g/mol. The van der Waals surface area contributed by atoms with Gasteiger partial charge in [-0.1, -0.05) is 0 Å². The van der Waals surface area contributed by atoms with Crippen LogP contribution in [0.3, 0.4) is 0 Å². The van der Waals surface area contributed by atoms with E-state index in [4.69, 9.17) is 4.74 Å². The molecule has 1 atom stereocenters. The fourth-order valence-electron chi connectivity index (χ4n) is 2.78. The molecule has 0 bridgehead atoms. The second-order valence-corrected chi connectivity index (χ2v) is 5.58. The summed E-state index contributed by atoms with van der Waals surface area (Å²) in [6.45, 7) is 7.12. The lowest BCUT2D eigenvalue weighted by molar-refractivity contribution is 0.0692. The molecule has 0 amide bonds. The molecule has 0 aliphatic carbocycles. The van der Waals surface area contributed by atoms with Gasteiger partial charge < -0.3 is 14.9 Å². The van der Waals surface area contributed by atoms with Gasteiger partial charge in [-0.05, 0) is 63.9 Å². The van der Waals surface area contributed by atoms with E-state index in [1.54, 1.807) is 12.1 Å². The van der Waals surface area contributed by atoms with Crippen LogP contribution in [0.4, 0.5) is 0 Å². The fraction of sp³-hybridized carbons (Fsp3) is 0.625. The Balaban J connectivity index is 1.95. The minimum absolute atomic E-state index is 0.216. The van der Waals surface area contributed by atoms with Crippen LogP contribution in [-0.4, -0.2) is 40.9 Å². The summed E-state index contributed by atoms with van der Waals surface area (Å²) in [7, 11) is 0. The van der Waals surface area contributed by atoms with Crippen molar-refractivity contribution in [2.24, 2.45) is 5.92 Å². The smallest absolute Gasteiger partial charge is 0.120 e. The zero-order valence-corrected chi connectivity index (χ0v) is 12.4. The number of phenols is 1. The van der Waals surface area contributed by atoms with E-state index in [1.807, 2.05) is 19.9 Å². The number of piperidine rings is 1. The van der Waals surface area contributed by atoms with E-state index < -0.39 is 0 Å². The molecule has 1 aliphatic rings. The highest BCUT2D eigenvalue weighted by Crippen LogP contribution is 2.27. The lowest BCUT2D eigenvalue weighted by Crippen LogP contribution is -2.36. The number of benzene rings is 1. The maximum absolute atomic E-state index is 9.95. The first kappa shape index (κ1) is 15.1. The number of phenolic OH excluding ortho intramolecular Hbond substituents is 1. The minimum atomic E-state index is -0.216. The van der Waals surface area contributed by atoms with Crippen LogP contribution >= 0.6 is 0 Å². The molecule has 2 N–H and O–H groups in total. The van der Waals surface area contributed by atoms with Gasteiger partial charge in [0.05, 0.1) is 12.7 Å². The molecule has 1 heterocycles. The van der Waals surface area contributed by atoms with Crippen LogP contribution in [0, 0.1) is 5.92 Å². The Labute approximate surface area is 121 Å². The quantitative estimate of drug-likeness (QED) is 0.869. The molecule has 4 nitrogen and oxygen atoms in total. The molecule has 1 saturated heterocycles. The number of likely N-dealkylation sites (tertiary alicyclic amines) is 1. The van der Waals surface area contributed by atoms with Gasteiger partial charge in [0.25, 0.3) is 0 Å². The average Bonchev–Trinajstić information content (AvgIpc) is 2.43. The standard InChI is InChI=1S/C16H25NO3/c1-3-20-15-4-5-16(19)14(10-15)11-17-8-6-13(7-9-17)12(2)18/h4-5,10,12-13,18-19H,3,6-9,11H2,1-2H3. The molecule has 1 aromatic carbocycles. The van der Waals surface area contributed by atoms with Gasteiger partial charge in [0.15, 0.2) is 0 Å². The zero-order chi connectivity index (χ0) is 14.5. The van der Waals surface area contributed by atoms with E-state index in [9.17, 15) is 10.2 Å². The van der Waals surface area contributed by atoms with E-state index in [1.165, 1.54) is 0 Å². The molecule has 0 spiro atoms. The van der Waals surface area contributed by atoms with Crippen LogP contribution in [0.15, 0.2) is 18.2 Å². The maximum Gasteiger partial charge on any atom is 0.120 e. The zero-order valence-electron chi connectivity index (χ0n) is 12.4.